The molecule has 0 bridgehead atoms. The molecule has 0 radical (unpaired) electrons. The van der Waals surface area contributed by atoms with Crippen LogP contribution in [0.15, 0.2) is 4.52 Å². The van der Waals surface area contributed by atoms with Gasteiger partial charge in [0.2, 0.25) is 0 Å². The molecule has 5 heteroatoms. The first-order valence-corrected chi connectivity index (χ1v) is 6.71. The maximum Gasteiger partial charge on any atom is 0.138 e. The summed E-state index contributed by atoms with van der Waals surface area (Å²) in [4.78, 5) is 2.47. The van der Waals surface area contributed by atoms with E-state index in [1.807, 2.05) is 13.8 Å². The fourth-order valence-corrected chi connectivity index (χ4v) is 2.58. The quantitative estimate of drug-likeness (QED) is 0.786. The number of hydrogen-bond donors (Lipinski definition) is 1. The molecule has 1 aromatic heterocycles. The fourth-order valence-electron chi connectivity index (χ4n) is 2.58. The van der Waals surface area contributed by atoms with Crippen LogP contribution in [0.3, 0.4) is 0 Å². The van der Waals surface area contributed by atoms with E-state index in [0.29, 0.717) is 12.1 Å². The summed E-state index contributed by atoms with van der Waals surface area (Å²) in [5.41, 5.74) is 2.27. The van der Waals surface area contributed by atoms with Crippen LogP contribution in [0.2, 0.25) is 0 Å². The van der Waals surface area contributed by atoms with Gasteiger partial charge in [-0.05, 0) is 20.3 Å². The third-order valence-corrected chi connectivity index (χ3v) is 3.87. The van der Waals surface area contributed by atoms with Crippen molar-refractivity contribution in [2.24, 2.45) is 0 Å². The molecule has 1 N–H and O–H groups in total. The zero-order valence-electron chi connectivity index (χ0n) is 11.1. The summed E-state index contributed by atoms with van der Waals surface area (Å²) in [6.45, 7) is 9.16. The second-order valence-electron chi connectivity index (χ2n) is 5.39. The lowest BCUT2D eigenvalue weighted by Crippen LogP contribution is -2.34. The average Bonchev–Trinajstić information content (AvgIpc) is 3.01. The predicted molar refractivity (Wildman–Crippen MR) is 67.4 cm³/mol. The van der Waals surface area contributed by atoms with E-state index in [-0.39, 0.29) is 0 Å². The topological polar surface area (TPSA) is 53.8 Å². The van der Waals surface area contributed by atoms with Gasteiger partial charge in [0, 0.05) is 37.8 Å². The minimum atomic E-state index is 0.474. The van der Waals surface area contributed by atoms with Gasteiger partial charge in [-0.3, -0.25) is 4.90 Å². The van der Waals surface area contributed by atoms with E-state index in [4.69, 9.17) is 9.26 Å². The molecule has 0 aromatic carbocycles. The van der Waals surface area contributed by atoms with E-state index < -0.39 is 0 Å². The molecule has 2 unspecified atom stereocenters. The van der Waals surface area contributed by atoms with Crippen molar-refractivity contribution in [2.45, 2.75) is 39.0 Å². The Bertz CT molecular complexity index is 395. The van der Waals surface area contributed by atoms with Crippen LogP contribution in [0.4, 0.5) is 0 Å². The highest BCUT2D eigenvalue weighted by Gasteiger charge is 2.27. The van der Waals surface area contributed by atoms with Crippen molar-refractivity contribution in [3.05, 3.63) is 17.0 Å². The highest BCUT2D eigenvalue weighted by Crippen LogP contribution is 2.19. The Labute approximate surface area is 107 Å². The Morgan fingerprint density at radius 1 is 1.44 bits per heavy atom. The Morgan fingerprint density at radius 2 is 2.28 bits per heavy atom. The van der Waals surface area contributed by atoms with Crippen molar-refractivity contribution >= 4 is 0 Å². The first-order valence-electron chi connectivity index (χ1n) is 6.71. The molecule has 18 heavy (non-hydrogen) atoms. The lowest BCUT2D eigenvalue weighted by Gasteiger charge is -2.16. The summed E-state index contributed by atoms with van der Waals surface area (Å²) in [6, 6.07) is 0.606. The van der Waals surface area contributed by atoms with Crippen molar-refractivity contribution in [3.63, 3.8) is 0 Å². The standard InChI is InChI=1S/C13H21N3O2/c1-9-13(10(2)18-15-9)7-16-4-3-11(6-16)14-5-12-8-17-12/h11-12,14H,3-8H2,1-2H3. The van der Waals surface area contributed by atoms with Crippen LogP contribution in [0.1, 0.15) is 23.4 Å². The second kappa shape index (κ2) is 4.99. The molecule has 0 saturated carbocycles. The molecule has 0 spiro atoms. The molecule has 2 atom stereocenters. The molecule has 2 aliphatic rings. The zero-order valence-corrected chi connectivity index (χ0v) is 11.1. The number of hydrogen-bond acceptors (Lipinski definition) is 5. The van der Waals surface area contributed by atoms with Gasteiger partial charge >= 0.3 is 0 Å². The molecular weight excluding hydrogens is 230 g/mol. The van der Waals surface area contributed by atoms with Gasteiger partial charge in [-0.2, -0.15) is 0 Å². The molecule has 2 fully saturated rings. The molecule has 1 aromatic rings. The second-order valence-corrected chi connectivity index (χ2v) is 5.39. The molecule has 2 aliphatic heterocycles. The van der Waals surface area contributed by atoms with E-state index in [1.54, 1.807) is 0 Å². The maximum atomic E-state index is 5.22. The van der Waals surface area contributed by atoms with Crippen molar-refractivity contribution < 1.29 is 9.26 Å². The van der Waals surface area contributed by atoms with Gasteiger partial charge in [-0.25, -0.2) is 0 Å². The first kappa shape index (κ1) is 12.1. The Hall–Kier alpha value is -0.910. The number of aryl methyl sites for hydroxylation is 2. The summed E-state index contributed by atoms with van der Waals surface area (Å²) >= 11 is 0. The van der Waals surface area contributed by atoms with E-state index in [9.17, 15) is 0 Å². The van der Waals surface area contributed by atoms with Gasteiger partial charge < -0.3 is 14.6 Å². The molecule has 3 rings (SSSR count). The Morgan fingerprint density at radius 3 is 2.94 bits per heavy atom. The lowest BCUT2D eigenvalue weighted by molar-refractivity contribution is 0.313. The zero-order chi connectivity index (χ0) is 12.5. The van der Waals surface area contributed by atoms with Gasteiger partial charge in [0.15, 0.2) is 0 Å². The SMILES string of the molecule is Cc1noc(C)c1CN1CCC(NCC2CO2)C1. The van der Waals surface area contributed by atoms with E-state index in [1.165, 1.54) is 12.0 Å². The number of likely N-dealkylation sites (tertiary alicyclic amines) is 1. The highest BCUT2D eigenvalue weighted by molar-refractivity contribution is 5.20. The Balaban J connectivity index is 1.49. The lowest BCUT2D eigenvalue weighted by atomic mass is 10.2. The predicted octanol–water partition coefficient (Wildman–Crippen LogP) is 0.854. The van der Waals surface area contributed by atoms with E-state index in [0.717, 1.165) is 44.2 Å². The monoisotopic (exact) mass is 251 g/mol. The third kappa shape index (κ3) is 2.74. The summed E-state index contributed by atoms with van der Waals surface area (Å²) in [5, 5.41) is 7.59. The molecule has 5 nitrogen and oxygen atoms in total. The van der Waals surface area contributed by atoms with Crippen molar-refractivity contribution in [1.82, 2.24) is 15.4 Å². The molecule has 0 amide bonds. The molecule has 0 aliphatic carbocycles. The number of rotatable bonds is 5. The number of epoxide rings is 1. The van der Waals surface area contributed by atoms with Crippen LogP contribution in [0.25, 0.3) is 0 Å². The van der Waals surface area contributed by atoms with Crippen molar-refractivity contribution in [2.75, 3.05) is 26.2 Å². The van der Waals surface area contributed by atoms with Gasteiger partial charge in [0.1, 0.15) is 5.76 Å². The summed E-state index contributed by atoms with van der Waals surface area (Å²) in [7, 11) is 0. The van der Waals surface area contributed by atoms with Crippen molar-refractivity contribution in [1.29, 1.82) is 0 Å². The van der Waals surface area contributed by atoms with Gasteiger partial charge in [-0.1, -0.05) is 5.16 Å². The average molecular weight is 251 g/mol. The minimum absolute atomic E-state index is 0.474. The minimum Gasteiger partial charge on any atom is -0.372 e. The van der Waals surface area contributed by atoms with Crippen LogP contribution in [-0.2, 0) is 11.3 Å². The van der Waals surface area contributed by atoms with Crippen LogP contribution < -0.4 is 5.32 Å². The summed E-state index contributed by atoms with van der Waals surface area (Å²) in [6.07, 6.45) is 1.69. The molecule has 2 saturated heterocycles. The maximum absolute atomic E-state index is 5.22. The summed E-state index contributed by atoms with van der Waals surface area (Å²) < 4.78 is 10.4. The van der Waals surface area contributed by atoms with E-state index >= 15 is 0 Å². The van der Waals surface area contributed by atoms with Crippen molar-refractivity contribution in [3.8, 4) is 0 Å². The Kier molecular flexibility index (Phi) is 3.37. The first-order chi connectivity index (χ1) is 8.72. The number of aromatic nitrogens is 1. The number of nitrogens with one attached hydrogen (secondary N) is 1. The molecular formula is C13H21N3O2. The van der Waals surface area contributed by atoms with E-state index in [2.05, 4.69) is 15.4 Å². The smallest absolute Gasteiger partial charge is 0.138 e. The van der Waals surface area contributed by atoms with Crippen LogP contribution in [-0.4, -0.2) is 48.4 Å². The number of ether oxygens (including phenoxy) is 1. The normalized spacial score (nSPS) is 27.9. The van der Waals surface area contributed by atoms with Crippen LogP contribution >= 0.6 is 0 Å². The molecule has 100 valence electrons. The third-order valence-electron chi connectivity index (χ3n) is 3.87. The fraction of sp³-hybridized carbons (Fsp3) is 0.769. The van der Waals surface area contributed by atoms with Gasteiger partial charge in [-0.15, -0.1) is 0 Å². The summed E-state index contributed by atoms with van der Waals surface area (Å²) in [5.74, 6) is 0.954. The van der Waals surface area contributed by atoms with Gasteiger partial charge in [0.25, 0.3) is 0 Å². The largest absolute Gasteiger partial charge is 0.372 e. The van der Waals surface area contributed by atoms with Crippen LogP contribution in [0, 0.1) is 13.8 Å². The van der Waals surface area contributed by atoms with Crippen LogP contribution in [0.5, 0.6) is 0 Å². The number of nitrogens with zero attached hydrogens (tertiary/aromatic N) is 2. The highest BCUT2D eigenvalue weighted by atomic mass is 16.6. The molecule has 3 heterocycles. The van der Waals surface area contributed by atoms with Gasteiger partial charge in [0.05, 0.1) is 18.4 Å².